The second-order valence-corrected chi connectivity index (χ2v) is 7.95. The minimum absolute atomic E-state index is 0.553. The summed E-state index contributed by atoms with van der Waals surface area (Å²) in [6.07, 6.45) is 6.61. The van der Waals surface area contributed by atoms with Crippen molar-refractivity contribution >= 4 is 21.6 Å². The van der Waals surface area contributed by atoms with Gasteiger partial charge in [-0.3, -0.25) is 0 Å². The van der Waals surface area contributed by atoms with E-state index in [4.69, 9.17) is 0 Å². The Morgan fingerprint density at radius 3 is 2.57 bits per heavy atom. The van der Waals surface area contributed by atoms with Crippen LogP contribution >= 0.6 is 15.9 Å². The highest BCUT2D eigenvalue weighted by Gasteiger charge is 2.29. The predicted molar refractivity (Wildman–Crippen MR) is 93.8 cm³/mol. The number of hydrogen-bond acceptors (Lipinski definition) is 2. The molecule has 0 amide bonds. The monoisotopic (exact) mass is 350 g/mol. The maximum atomic E-state index is 3.78. The lowest BCUT2D eigenvalue weighted by Gasteiger charge is -2.40. The molecule has 1 saturated carbocycles. The normalized spacial score (nSPS) is 21.6. The molecule has 1 N–H and O–H groups in total. The number of piperidine rings is 1. The van der Waals surface area contributed by atoms with Crippen molar-refractivity contribution in [2.75, 3.05) is 18.0 Å². The maximum Gasteiger partial charge on any atom is 0.0510 e. The van der Waals surface area contributed by atoms with E-state index in [1.807, 2.05) is 0 Å². The Hall–Kier alpha value is -0.540. The maximum absolute atomic E-state index is 3.78. The van der Waals surface area contributed by atoms with E-state index in [2.05, 4.69) is 58.2 Å². The van der Waals surface area contributed by atoms with Crippen molar-refractivity contribution in [1.29, 1.82) is 0 Å². The summed E-state index contributed by atoms with van der Waals surface area (Å²) in [6, 6.07) is 7.64. The van der Waals surface area contributed by atoms with E-state index < -0.39 is 0 Å². The van der Waals surface area contributed by atoms with Crippen LogP contribution in [0.4, 0.5) is 5.69 Å². The van der Waals surface area contributed by atoms with E-state index in [-0.39, 0.29) is 0 Å². The van der Waals surface area contributed by atoms with E-state index in [1.54, 1.807) is 0 Å². The summed E-state index contributed by atoms with van der Waals surface area (Å²) < 4.78 is 1.25. The Balaban J connectivity index is 1.62. The molecule has 3 heteroatoms. The second-order valence-electron chi connectivity index (χ2n) is 7.09. The molecule has 3 rings (SSSR count). The first kappa shape index (κ1) is 15.4. The molecule has 1 aromatic carbocycles. The standard InChI is InChI=1S/C18H27BrN2/c1-3-18(2)8-10-21(11-9-18)17-7-4-14(12-16(17)19)13-20-15-5-6-15/h4,7,12,15,20H,3,5-6,8-11,13H2,1-2H3. The van der Waals surface area contributed by atoms with E-state index >= 15 is 0 Å². The SMILES string of the molecule is CCC1(C)CCN(c2ccc(CNC3CC3)cc2Br)CC1. The number of nitrogens with zero attached hydrogens (tertiary/aromatic N) is 1. The van der Waals surface area contributed by atoms with Gasteiger partial charge in [0.1, 0.15) is 0 Å². The van der Waals surface area contributed by atoms with Gasteiger partial charge in [-0.25, -0.2) is 0 Å². The fraction of sp³-hybridized carbons (Fsp3) is 0.667. The van der Waals surface area contributed by atoms with Crippen LogP contribution in [0.1, 0.15) is 51.5 Å². The highest BCUT2D eigenvalue weighted by molar-refractivity contribution is 9.10. The first-order valence-electron chi connectivity index (χ1n) is 8.36. The molecule has 0 radical (unpaired) electrons. The number of rotatable bonds is 5. The Labute approximate surface area is 137 Å². The summed E-state index contributed by atoms with van der Waals surface area (Å²) in [7, 11) is 0. The van der Waals surface area contributed by atoms with Gasteiger partial charge in [0.05, 0.1) is 5.69 Å². The fourth-order valence-corrected chi connectivity index (χ4v) is 3.78. The van der Waals surface area contributed by atoms with Gasteiger partial charge in [-0.05, 0) is 64.7 Å². The molecule has 0 bridgehead atoms. The average Bonchev–Trinajstić information content (AvgIpc) is 3.31. The zero-order chi connectivity index (χ0) is 14.9. The molecule has 1 heterocycles. The molecule has 2 fully saturated rings. The van der Waals surface area contributed by atoms with E-state index in [0.717, 1.165) is 12.6 Å². The van der Waals surface area contributed by atoms with Crippen molar-refractivity contribution in [2.45, 2.75) is 58.5 Å². The smallest absolute Gasteiger partial charge is 0.0510 e. The largest absolute Gasteiger partial charge is 0.371 e. The van der Waals surface area contributed by atoms with Gasteiger partial charge in [0.15, 0.2) is 0 Å². The first-order chi connectivity index (χ1) is 10.1. The third-order valence-electron chi connectivity index (χ3n) is 5.35. The molecule has 2 aliphatic rings. The van der Waals surface area contributed by atoms with Gasteiger partial charge in [-0.2, -0.15) is 0 Å². The zero-order valence-corrected chi connectivity index (χ0v) is 14.9. The van der Waals surface area contributed by atoms with Crippen molar-refractivity contribution in [3.63, 3.8) is 0 Å². The lowest BCUT2D eigenvalue weighted by atomic mass is 9.78. The number of halogens is 1. The molecule has 21 heavy (non-hydrogen) atoms. The molecule has 1 aliphatic heterocycles. The Morgan fingerprint density at radius 2 is 2.00 bits per heavy atom. The number of hydrogen-bond donors (Lipinski definition) is 1. The molecule has 1 saturated heterocycles. The van der Waals surface area contributed by atoms with Gasteiger partial charge in [-0.1, -0.05) is 26.3 Å². The molecule has 116 valence electrons. The van der Waals surface area contributed by atoms with Crippen LogP contribution in [0.5, 0.6) is 0 Å². The van der Waals surface area contributed by atoms with E-state index in [1.165, 1.54) is 60.9 Å². The predicted octanol–water partition coefficient (Wildman–Crippen LogP) is 4.72. The minimum atomic E-state index is 0.553. The summed E-state index contributed by atoms with van der Waals surface area (Å²) in [5, 5.41) is 3.58. The molecule has 2 nitrogen and oxygen atoms in total. The van der Waals surface area contributed by atoms with Crippen LogP contribution in [-0.4, -0.2) is 19.1 Å². The highest BCUT2D eigenvalue weighted by atomic mass is 79.9. The molecular formula is C18H27BrN2. The Bertz CT molecular complexity index is 488. The van der Waals surface area contributed by atoms with Crippen LogP contribution in [0, 0.1) is 5.41 Å². The Morgan fingerprint density at radius 1 is 1.29 bits per heavy atom. The lowest BCUT2D eigenvalue weighted by molar-refractivity contribution is 0.238. The quantitative estimate of drug-likeness (QED) is 0.826. The van der Waals surface area contributed by atoms with Crippen LogP contribution in [0.3, 0.4) is 0 Å². The number of benzene rings is 1. The third-order valence-corrected chi connectivity index (χ3v) is 5.98. The van der Waals surface area contributed by atoms with E-state index in [9.17, 15) is 0 Å². The van der Waals surface area contributed by atoms with Crippen LogP contribution in [0.2, 0.25) is 0 Å². The molecule has 1 aromatic rings. The van der Waals surface area contributed by atoms with Gasteiger partial charge >= 0.3 is 0 Å². The minimum Gasteiger partial charge on any atom is -0.371 e. The average molecular weight is 351 g/mol. The lowest BCUT2D eigenvalue weighted by Crippen LogP contribution is -2.38. The number of anilines is 1. The molecule has 0 spiro atoms. The molecule has 0 unspecified atom stereocenters. The van der Waals surface area contributed by atoms with Crippen molar-refractivity contribution in [3.8, 4) is 0 Å². The van der Waals surface area contributed by atoms with Crippen molar-refractivity contribution in [3.05, 3.63) is 28.2 Å². The molecular weight excluding hydrogens is 324 g/mol. The van der Waals surface area contributed by atoms with Crippen LogP contribution in [0.15, 0.2) is 22.7 Å². The van der Waals surface area contributed by atoms with Gasteiger partial charge in [0.25, 0.3) is 0 Å². The van der Waals surface area contributed by atoms with Crippen molar-refractivity contribution in [1.82, 2.24) is 5.32 Å². The van der Waals surface area contributed by atoms with E-state index in [0.29, 0.717) is 5.41 Å². The summed E-state index contributed by atoms with van der Waals surface area (Å²) in [4.78, 5) is 2.54. The van der Waals surface area contributed by atoms with Gasteiger partial charge in [0.2, 0.25) is 0 Å². The Kier molecular flexibility index (Phi) is 4.60. The summed E-state index contributed by atoms with van der Waals surface area (Å²) in [5.74, 6) is 0. The molecule has 0 atom stereocenters. The third kappa shape index (κ3) is 3.81. The fourth-order valence-electron chi connectivity index (χ4n) is 3.11. The first-order valence-corrected chi connectivity index (χ1v) is 9.16. The van der Waals surface area contributed by atoms with Gasteiger partial charge in [-0.15, -0.1) is 0 Å². The van der Waals surface area contributed by atoms with Gasteiger partial charge in [0, 0.05) is 30.1 Å². The molecule has 0 aromatic heterocycles. The second kappa shape index (κ2) is 6.29. The highest BCUT2D eigenvalue weighted by Crippen LogP contribution is 2.37. The van der Waals surface area contributed by atoms with Crippen molar-refractivity contribution < 1.29 is 0 Å². The van der Waals surface area contributed by atoms with Crippen LogP contribution < -0.4 is 10.2 Å². The van der Waals surface area contributed by atoms with Gasteiger partial charge < -0.3 is 10.2 Å². The summed E-state index contributed by atoms with van der Waals surface area (Å²) in [5.41, 5.74) is 3.30. The zero-order valence-electron chi connectivity index (χ0n) is 13.3. The van der Waals surface area contributed by atoms with Crippen molar-refractivity contribution in [2.24, 2.45) is 5.41 Å². The van der Waals surface area contributed by atoms with Crippen LogP contribution in [0.25, 0.3) is 0 Å². The summed E-state index contributed by atoms with van der Waals surface area (Å²) >= 11 is 3.78. The number of nitrogens with one attached hydrogen (secondary N) is 1. The molecule has 1 aliphatic carbocycles. The topological polar surface area (TPSA) is 15.3 Å². The summed E-state index contributed by atoms with van der Waals surface area (Å²) in [6.45, 7) is 8.13. The van der Waals surface area contributed by atoms with Crippen LogP contribution in [-0.2, 0) is 6.54 Å².